The molecule has 1 amide bonds. The molecule has 0 aliphatic heterocycles. The van der Waals surface area contributed by atoms with Crippen molar-refractivity contribution >= 4 is 5.91 Å². The molecule has 1 N–H and O–H groups in total. The van der Waals surface area contributed by atoms with Crippen LogP contribution in [0.2, 0.25) is 0 Å². The summed E-state index contributed by atoms with van der Waals surface area (Å²) >= 11 is 0. The molecule has 1 aromatic heterocycles. The molecule has 0 aliphatic rings. The number of nitrogens with zero attached hydrogens (tertiary/aromatic N) is 2. The average Bonchev–Trinajstić information content (AvgIpc) is 3.33. The van der Waals surface area contributed by atoms with Crippen LogP contribution in [0.25, 0.3) is 16.8 Å². The van der Waals surface area contributed by atoms with Crippen molar-refractivity contribution in [2.24, 2.45) is 0 Å². The second-order valence-corrected chi connectivity index (χ2v) is 9.08. The third-order valence-corrected chi connectivity index (χ3v) is 5.93. The van der Waals surface area contributed by atoms with Crippen LogP contribution in [-0.4, -0.2) is 22.0 Å². The summed E-state index contributed by atoms with van der Waals surface area (Å²) in [5.41, 5.74) is 7.80. The van der Waals surface area contributed by atoms with Crippen molar-refractivity contribution in [3.8, 4) is 16.8 Å². The predicted molar refractivity (Wildman–Crippen MR) is 142 cm³/mol. The van der Waals surface area contributed by atoms with Crippen molar-refractivity contribution < 1.29 is 4.79 Å². The molecular formula is C30H37N3O. The van der Waals surface area contributed by atoms with E-state index in [1.54, 1.807) is 12.5 Å². The maximum absolute atomic E-state index is 12.8. The molecule has 3 aromatic rings. The third kappa shape index (κ3) is 7.31. The molecule has 0 radical (unpaired) electrons. The van der Waals surface area contributed by atoms with Crippen LogP contribution in [0.15, 0.2) is 84.4 Å². The summed E-state index contributed by atoms with van der Waals surface area (Å²) in [7, 11) is 0. The highest BCUT2D eigenvalue weighted by atomic mass is 16.1. The lowest BCUT2D eigenvalue weighted by atomic mass is 10.0. The highest BCUT2D eigenvalue weighted by Gasteiger charge is 2.12. The molecule has 0 aliphatic carbocycles. The second kappa shape index (κ2) is 12.7. The van der Waals surface area contributed by atoms with Gasteiger partial charge < -0.3 is 5.32 Å². The maximum Gasteiger partial charge on any atom is 0.270 e. The topological polar surface area (TPSA) is 46.9 Å². The Labute approximate surface area is 204 Å². The number of imidazole rings is 1. The molecule has 0 saturated heterocycles. The molecule has 4 nitrogen and oxygen atoms in total. The summed E-state index contributed by atoms with van der Waals surface area (Å²) in [5.74, 6) is -0.127. The first-order valence-electron chi connectivity index (χ1n) is 12.3. The highest BCUT2D eigenvalue weighted by Crippen LogP contribution is 2.23. The zero-order valence-corrected chi connectivity index (χ0v) is 21.0. The van der Waals surface area contributed by atoms with E-state index in [4.69, 9.17) is 0 Å². The van der Waals surface area contributed by atoms with Crippen LogP contribution in [0.3, 0.4) is 0 Å². The van der Waals surface area contributed by atoms with E-state index in [0.29, 0.717) is 12.2 Å². The fraction of sp³-hybridized carbons (Fsp3) is 0.333. The standard InChI is InChI=1S/C30H37N3O/c1-5-6-10-25-11-13-26(14-12-25)27-15-17-28(18-16-27)33-22-31-21-29(33)30(34)32-20-19-24(4)9-7-8-23(2)3/h8,11-19,21-22H,5-7,9-10,20H2,1-4H3,(H,32,34)/b24-19+. The number of nitrogens with one attached hydrogen (secondary N) is 1. The number of unbranched alkanes of at least 4 members (excludes halogenated alkanes) is 1. The number of aryl methyl sites for hydroxylation is 1. The summed E-state index contributed by atoms with van der Waals surface area (Å²) in [6.07, 6.45) is 13.2. The monoisotopic (exact) mass is 455 g/mol. The van der Waals surface area contributed by atoms with Gasteiger partial charge in [0.15, 0.2) is 0 Å². The SMILES string of the molecule is CCCCc1ccc(-c2ccc(-n3cncc3C(=O)NC/C=C(\C)CCC=C(C)C)cc2)cc1. The zero-order chi connectivity index (χ0) is 24.3. The summed E-state index contributed by atoms with van der Waals surface area (Å²) in [6.45, 7) is 9.06. The van der Waals surface area contributed by atoms with Crippen molar-refractivity contribution in [3.63, 3.8) is 0 Å². The molecule has 1 heterocycles. The molecular weight excluding hydrogens is 418 g/mol. The highest BCUT2D eigenvalue weighted by molar-refractivity contribution is 5.93. The van der Waals surface area contributed by atoms with Gasteiger partial charge in [-0.25, -0.2) is 4.98 Å². The van der Waals surface area contributed by atoms with Crippen LogP contribution in [0.5, 0.6) is 0 Å². The fourth-order valence-electron chi connectivity index (χ4n) is 3.83. The Morgan fingerprint density at radius 1 is 0.971 bits per heavy atom. The van der Waals surface area contributed by atoms with Gasteiger partial charge >= 0.3 is 0 Å². The van der Waals surface area contributed by atoms with Crippen LogP contribution in [0, 0.1) is 0 Å². The van der Waals surface area contributed by atoms with Crippen molar-refractivity contribution in [2.45, 2.75) is 59.8 Å². The van der Waals surface area contributed by atoms with Gasteiger partial charge in [-0.1, -0.05) is 73.0 Å². The second-order valence-electron chi connectivity index (χ2n) is 9.08. The van der Waals surface area contributed by atoms with E-state index < -0.39 is 0 Å². The first-order valence-corrected chi connectivity index (χ1v) is 12.3. The number of hydrogen-bond acceptors (Lipinski definition) is 2. The Bertz CT molecular complexity index is 1110. The number of carbonyl (C=O) groups is 1. The average molecular weight is 456 g/mol. The Morgan fingerprint density at radius 3 is 2.29 bits per heavy atom. The Kier molecular flexibility index (Phi) is 9.45. The van der Waals surface area contributed by atoms with Crippen molar-refractivity contribution in [1.29, 1.82) is 0 Å². The zero-order valence-electron chi connectivity index (χ0n) is 21.0. The van der Waals surface area contributed by atoms with Crippen LogP contribution in [0.1, 0.15) is 69.4 Å². The van der Waals surface area contributed by atoms with Gasteiger partial charge in [-0.2, -0.15) is 0 Å². The molecule has 4 heteroatoms. The Balaban J connectivity index is 1.62. The number of amides is 1. The van der Waals surface area contributed by atoms with Crippen LogP contribution >= 0.6 is 0 Å². The summed E-state index contributed by atoms with van der Waals surface area (Å²) in [6, 6.07) is 17.1. The number of allylic oxidation sites excluding steroid dienone is 3. The van der Waals surface area contributed by atoms with Gasteiger partial charge in [0.2, 0.25) is 0 Å². The summed E-state index contributed by atoms with van der Waals surface area (Å²) in [4.78, 5) is 17.0. The van der Waals surface area contributed by atoms with E-state index >= 15 is 0 Å². The van der Waals surface area contributed by atoms with Crippen molar-refractivity contribution in [3.05, 3.63) is 95.6 Å². The van der Waals surface area contributed by atoms with Crippen molar-refractivity contribution in [1.82, 2.24) is 14.9 Å². The minimum absolute atomic E-state index is 0.127. The maximum atomic E-state index is 12.8. The van der Waals surface area contributed by atoms with Gasteiger partial charge in [0.25, 0.3) is 5.91 Å². The molecule has 0 bridgehead atoms. The molecule has 2 aromatic carbocycles. The number of rotatable bonds is 11. The predicted octanol–water partition coefficient (Wildman–Crippen LogP) is 7.30. The van der Waals surface area contributed by atoms with Crippen LogP contribution in [-0.2, 0) is 6.42 Å². The lowest BCUT2D eigenvalue weighted by Crippen LogP contribution is -2.25. The molecule has 0 atom stereocenters. The summed E-state index contributed by atoms with van der Waals surface area (Å²) < 4.78 is 1.83. The normalized spacial score (nSPS) is 11.4. The van der Waals surface area contributed by atoms with E-state index in [0.717, 1.165) is 30.5 Å². The molecule has 0 unspecified atom stereocenters. The Morgan fingerprint density at radius 2 is 1.65 bits per heavy atom. The van der Waals surface area contributed by atoms with E-state index in [1.807, 2.05) is 16.7 Å². The number of benzene rings is 2. The quantitative estimate of drug-likeness (QED) is 0.308. The molecule has 0 saturated carbocycles. The minimum atomic E-state index is -0.127. The van der Waals surface area contributed by atoms with E-state index in [1.165, 1.54) is 35.1 Å². The van der Waals surface area contributed by atoms with E-state index in [-0.39, 0.29) is 5.91 Å². The number of hydrogen-bond donors (Lipinski definition) is 1. The largest absolute Gasteiger partial charge is 0.347 e. The van der Waals surface area contributed by atoms with E-state index in [9.17, 15) is 4.79 Å². The number of carbonyl (C=O) groups excluding carboxylic acids is 1. The fourth-order valence-corrected chi connectivity index (χ4v) is 3.83. The van der Waals surface area contributed by atoms with Gasteiger partial charge in [0, 0.05) is 12.2 Å². The first-order chi connectivity index (χ1) is 16.5. The molecule has 3 rings (SSSR count). The lowest BCUT2D eigenvalue weighted by molar-refractivity contribution is 0.0951. The van der Waals surface area contributed by atoms with Gasteiger partial charge in [-0.15, -0.1) is 0 Å². The molecule has 34 heavy (non-hydrogen) atoms. The molecule has 178 valence electrons. The van der Waals surface area contributed by atoms with E-state index in [2.05, 4.69) is 86.5 Å². The minimum Gasteiger partial charge on any atom is -0.347 e. The smallest absolute Gasteiger partial charge is 0.270 e. The van der Waals surface area contributed by atoms with Gasteiger partial charge in [0.1, 0.15) is 5.69 Å². The molecule has 0 fully saturated rings. The summed E-state index contributed by atoms with van der Waals surface area (Å²) in [5, 5.41) is 2.99. The number of aromatic nitrogens is 2. The van der Waals surface area contributed by atoms with Gasteiger partial charge in [-0.05, 0) is 75.3 Å². The van der Waals surface area contributed by atoms with Crippen LogP contribution < -0.4 is 5.32 Å². The van der Waals surface area contributed by atoms with Crippen LogP contribution in [0.4, 0.5) is 0 Å². The third-order valence-electron chi connectivity index (χ3n) is 5.93. The lowest BCUT2D eigenvalue weighted by Gasteiger charge is -2.10. The molecule has 0 spiro atoms. The van der Waals surface area contributed by atoms with Gasteiger partial charge in [-0.3, -0.25) is 9.36 Å². The first kappa shape index (κ1) is 25.2. The van der Waals surface area contributed by atoms with Crippen molar-refractivity contribution in [2.75, 3.05) is 6.54 Å². The Hall–Kier alpha value is -3.40. The van der Waals surface area contributed by atoms with Gasteiger partial charge in [0.05, 0.1) is 12.5 Å².